The van der Waals surface area contributed by atoms with Crippen molar-refractivity contribution in [3.63, 3.8) is 0 Å². The molecule has 0 saturated carbocycles. The number of hydrogen-bond donors (Lipinski definition) is 1. The van der Waals surface area contributed by atoms with E-state index in [1.807, 2.05) is 0 Å². The molecule has 70 valence electrons. The first kappa shape index (κ1) is 8.92. The fourth-order valence-corrected chi connectivity index (χ4v) is 2.47. The number of anilines is 1. The number of rotatable bonds is 0. The molecule has 0 amide bonds. The molecule has 1 N–H and O–H groups in total. The maximum Gasteiger partial charge on any atom is 0.416 e. The van der Waals surface area contributed by atoms with Crippen molar-refractivity contribution < 1.29 is 13.2 Å². The standard InChI is InChI=1S/C7H4F3IN2/c8-7(9,10)4-1-2-5-6(3-4)13-11-12-5/h1-3H,(H,12,13). The lowest BCUT2D eigenvalue weighted by Crippen LogP contribution is -2.03. The molecule has 0 fully saturated rings. The van der Waals surface area contributed by atoms with E-state index in [2.05, 4.69) is 6.68 Å². The van der Waals surface area contributed by atoms with Crippen LogP contribution in [0.3, 0.4) is 0 Å². The molecule has 0 atom stereocenters. The quantitative estimate of drug-likeness (QED) is 0.571. The zero-order chi connectivity index (χ0) is 9.47. The Labute approximate surface area is 82.7 Å². The second-order valence-corrected chi connectivity index (χ2v) is 4.00. The number of halogens is 4. The normalized spacial score (nSPS) is 14.7. The molecule has 0 aromatic heterocycles. The molecule has 0 bridgehead atoms. The van der Waals surface area contributed by atoms with Crippen molar-refractivity contribution in [2.75, 3.05) is 3.53 Å². The third kappa shape index (κ3) is 1.67. The van der Waals surface area contributed by atoms with Crippen LogP contribution >= 0.6 is 21.3 Å². The molecule has 0 spiro atoms. The van der Waals surface area contributed by atoms with Crippen LogP contribution in [0.25, 0.3) is 0 Å². The predicted molar refractivity (Wildman–Crippen MR) is 51.2 cm³/mol. The van der Waals surface area contributed by atoms with Crippen LogP contribution in [0.5, 0.6) is 0 Å². The molecule has 0 unspecified atom stereocenters. The fourth-order valence-electron chi connectivity index (χ4n) is 0.970. The number of alkyl halides is 3. The Morgan fingerprint density at radius 1 is 1.31 bits per heavy atom. The number of fused-ring (bicyclic) bond motifs is 1. The van der Waals surface area contributed by atoms with E-state index in [0.717, 1.165) is 12.1 Å². The third-order valence-electron chi connectivity index (χ3n) is 1.60. The van der Waals surface area contributed by atoms with Crippen molar-refractivity contribution in [3.8, 4) is 0 Å². The molecular formula is C7H4F3IN2. The van der Waals surface area contributed by atoms with E-state index in [9.17, 15) is 13.2 Å². The van der Waals surface area contributed by atoms with Gasteiger partial charge in [0.1, 0.15) is 21.3 Å². The van der Waals surface area contributed by atoms with Crippen LogP contribution in [0.4, 0.5) is 24.5 Å². The summed E-state index contributed by atoms with van der Waals surface area (Å²) in [5, 5.41) is 0. The van der Waals surface area contributed by atoms with Gasteiger partial charge in [0, 0.05) is 0 Å². The molecule has 1 aliphatic heterocycles. The van der Waals surface area contributed by atoms with Crippen molar-refractivity contribution in [1.29, 1.82) is 0 Å². The van der Waals surface area contributed by atoms with E-state index in [1.54, 1.807) is 0 Å². The molecule has 1 aliphatic rings. The van der Waals surface area contributed by atoms with Gasteiger partial charge in [-0.05, 0) is 18.2 Å². The maximum atomic E-state index is 12.2. The Bertz CT molecular complexity index is 372. The van der Waals surface area contributed by atoms with Crippen molar-refractivity contribution in [2.24, 2.45) is 3.15 Å². The average Bonchev–Trinajstić information content (AvgIpc) is 2.47. The van der Waals surface area contributed by atoms with Crippen molar-refractivity contribution in [1.82, 2.24) is 0 Å². The van der Waals surface area contributed by atoms with Crippen molar-refractivity contribution in [2.45, 2.75) is 6.18 Å². The van der Waals surface area contributed by atoms with Crippen LogP contribution in [0, 0.1) is 0 Å². The molecule has 2 rings (SSSR count). The van der Waals surface area contributed by atoms with Gasteiger partial charge in [-0.15, -0.1) is 0 Å². The summed E-state index contributed by atoms with van der Waals surface area (Å²) in [5.41, 5.74) is 0.506. The Morgan fingerprint density at radius 3 is 2.77 bits per heavy atom. The number of nitrogens with zero attached hydrogens (tertiary/aromatic N) is 1. The second kappa shape index (κ2) is 2.93. The highest BCUT2D eigenvalue weighted by Crippen LogP contribution is 2.40. The van der Waals surface area contributed by atoms with E-state index in [4.69, 9.17) is 0 Å². The number of benzene rings is 1. The van der Waals surface area contributed by atoms with Gasteiger partial charge in [0.05, 0.1) is 16.9 Å². The zero-order valence-corrected chi connectivity index (χ0v) is 8.35. The summed E-state index contributed by atoms with van der Waals surface area (Å²) in [7, 11) is 0. The van der Waals surface area contributed by atoms with Gasteiger partial charge in [0.2, 0.25) is 0 Å². The van der Waals surface area contributed by atoms with Gasteiger partial charge in [0.25, 0.3) is 0 Å². The van der Waals surface area contributed by atoms with Gasteiger partial charge in [-0.3, -0.25) is 0 Å². The third-order valence-corrected chi connectivity index (χ3v) is 3.19. The maximum absolute atomic E-state index is 12.2. The average molecular weight is 300 g/mol. The lowest BCUT2D eigenvalue weighted by Gasteiger charge is -2.06. The first-order valence-electron chi connectivity index (χ1n) is 3.39. The van der Waals surface area contributed by atoms with Crippen LogP contribution in [0.1, 0.15) is 5.56 Å². The highest BCUT2D eigenvalue weighted by Gasteiger charge is 2.31. The minimum Gasteiger partial charge on any atom is -0.317 e. The lowest BCUT2D eigenvalue weighted by molar-refractivity contribution is -0.137. The Balaban J connectivity index is 2.47. The van der Waals surface area contributed by atoms with Crippen LogP contribution < -0.4 is 3.53 Å². The van der Waals surface area contributed by atoms with Gasteiger partial charge in [-0.1, -0.05) is 0 Å². The summed E-state index contributed by atoms with van der Waals surface area (Å²) in [6, 6.07) is 3.57. The topological polar surface area (TPSA) is 24.4 Å². The van der Waals surface area contributed by atoms with E-state index >= 15 is 0 Å². The summed E-state index contributed by atoms with van der Waals surface area (Å²) < 4.78 is 43.5. The van der Waals surface area contributed by atoms with Crippen molar-refractivity contribution in [3.05, 3.63) is 23.8 Å². The monoisotopic (exact) mass is 300 g/mol. The van der Waals surface area contributed by atoms with Crippen LogP contribution in [-0.2, 0) is 6.18 Å². The highest BCUT2D eigenvalue weighted by molar-refractivity contribution is 14.2. The van der Waals surface area contributed by atoms with Gasteiger partial charge < -0.3 is 3.53 Å². The summed E-state index contributed by atoms with van der Waals surface area (Å²) in [5.74, 6) is 0. The minimum atomic E-state index is -4.27. The van der Waals surface area contributed by atoms with E-state index in [1.165, 1.54) is 6.07 Å². The molecule has 0 aliphatic carbocycles. The van der Waals surface area contributed by atoms with Gasteiger partial charge in [-0.25, -0.2) is 3.15 Å². The first-order valence-corrected chi connectivity index (χ1v) is 5.43. The second-order valence-electron chi connectivity index (χ2n) is 2.49. The lowest BCUT2D eigenvalue weighted by atomic mass is 10.2. The summed E-state index contributed by atoms with van der Waals surface area (Å²) in [6.07, 6.45) is -4.27. The summed E-state index contributed by atoms with van der Waals surface area (Å²) >= 11 is -0.529. The van der Waals surface area contributed by atoms with E-state index in [-0.39, 0.29) is 0 Å². The smallest absolute Gasteiger partial charge is 0.317 e. The first-order chi connectivity index (χ1) is 6.07. The fraction of sp³-hybridized carbons (Fsp3) is 0.143. The molecule has 13 heavy (non-hydrogen) atoms. The van der Waals surface area contributed by atoms with Gasteiger partial charge >= 0.3 is 6.18 Å². The SMILES string of the molecule is FC(F)(F)c1ccc2c(c1)N=IN2. The van der Waals surface area contributed by atoms with Crippen LogP contribution in [0.15, 0.2) is 21.3 Å². The molecule has 0 saturated heterocycles. The predicted octanol–water partition coefficient (Wildman–Crippen LogP) is 3.83. The van der Waals surface area contributed by atoms with Crippen LogP contribution in [0.2, 0.25) is 0 Å². The molecule has 1 heterocycles. The number of hydrogen-bond acceptors (Lipinski definition) is 2. The Morgan fingerprint density at radius 2 is 2.08 bits per heavy atom. The molecule has 2 nitrogen and oxygen atoms in total. The molecular weight excluding hydrogens is 296 g/mol. The summed E-state index contributed by atoms with van der Waals surface area (Å²) in [4.78, 5) is 0. The number of nitrogens with one attached hydrogen (secondary N) is 1. The Kier molecular flexibility index (Phi) is 2.01. The Hall–Kier alpha value is -0.660. The van der Waals surface area contributed by atoms with Gasteiger partial charge in [0.15, 0.2) is 0 Å². The molecule has 1 aromatic rings. The molecule has 1 aromatic carbocycles. The van der Waals surface area contributed by atoms with E-state index in [0.29, 0.717) is 11.4 Å². The van der Waals surface area contributed by atoms with Crippen molar-refractivity contribution >= 4 is 32.7 Å². The largest absolute Gasteiger partial charge is 0.416 e. The highest BCUT2D eigenvalue weighted by atomic mass is 127. The zero-order valence-electron chi connectivity index (χ0n) is 6.19. The minimum absolute atomic E-state index is 0.433. The van der Waals surface area contributed by atoms with E-state index < -0.39 is 33.0 Å². The molecule has 0 radical (unpaired) electrons. The van der Waals surface area contributed by atoms with Crippen LogP contribution in [-0.4, -0.2) is 0 Å². The van der Waals surface area contributed by atoms with Gasteiger partial charge in [-0.2, -0.15) is 13.2 Å². The summed E-state index contributed by atoms with van der Waals surface area (Å²) in [6.45, 7) is 0. The molecule has 6 heteroatoms.